The van der Waals surface area contributed by atoms with Crippen molar-refractivity contribution in [2.75, 3.05) is 11.9 Å². The minimum absolute atomic E-state index is 0.0600. The predicted molar refractivity (Wildman–Crippen MR) is 90.1 cm³/mol. The number of aromatic amines is 1. The fourth-order valence-corrected chi connectivity index (χ4v) is 2.70. The van der Waals surface area contributed by atoms with Gasteiger partial charge in [-0.15, -0.1) is 0 Å². The van der Waals surface area contributed by atoms with Crippen molar-refractivity contribution in [2.45, 2.75) is 6.42 Å². The van der Waals surface area contributed by atoms with Crippen LogP contribution in [0.1, 0.15) is 5.82 Å². The Morgan fingerprint density at radius 3 is 2.83 bits per heavy atom. The summed E-state index contributed by atoms with van der Waals surface area (Å²) in [6.45, 7) is 0.491. The first kappa shape index (κ1) is 14.2. The summed E-state index contributed by atoms with van der Waals surface area (Å²) in [7, 11) is 0. The monoisotopic (exact) mass is 322 g/mol. The highest BCUT2D eigenvalue weighted by atomic mass is 16.6. The highest BCUT2D eigenvalue weighted by molar-refractivity contribution is 5.74. The molecule has 4 aromatic rings. The number of fused-ring (bicyclic) bond motifs is 2. The van der Waals surface area contributed by atoms with Gasteiger partial charge in [-0.05, 0) is 23.1 Å². The third-order valence-corrected chi connectivity index (χ3v) is 3.77. The molecule has 120 valence electrons. The summed E-state index contributed by atoms with van der Waals surface area (Å²) in [5.74, 6) is 1.03. The van der Waals surface area contributed by atoms with Gasteiger partial charge >= 0.3 is 5.82 Å². The van der Waals surface area contributed by atoms with E-state index in [4.69, 9.17) is 0 Å². The zero-order valence-electron chi connectivity index (χ0n) is 12.6. The number of pyridine rings is 1. The number of anilines is 1. The number of para-hydroxylation sites is 2. The van der Waals surface area contributed by atoms with Crippen LogP contribution in [0.25, 0.3) is 16.7 Å². The summed E-state index contributed by atoms with van der Waals surface area (Å²) in [5.41, 5.74) is 2.42. The third-order valence-electron chi connectivity index (χ3n) is 3.77. The van der Waals surface area contributed by atoms with E-state index in [-0.39, 0.29) is 11.6 Å². The van der Waals surface area contributed by atoms with Gasteiger partial charge in [0.15, 0.2) is 0 Å². The number of nitrogens with one attached hydrogen (secondary N) is 2. The molecule has 2 N–H and O–H groups in total. The van der Waals surface area contributed by atoms with Gasteiger partial charge in [0.2, 0.25) is 11.5 Å². The molecule has 0 spiro atoms. The highest BCUT2D eigenvalue weighted by Gasteiger charge is 2.21. The zero-order valence-corrected chi connectivity index (χ0v) is 12.6. The van der Waals surface area contributed by atoms with Crippen molar-refractivity contribution in [3.05, 3.63) is 64.6 Å². The molecule has 1 aromatic carbocycles. The van der Waals surface area contributed by atoms with E-state index in [9.17, 15) is 10.1 Å². The minimum Gasteiger partial charge on any atom is -0.363 e. The third kappa shape index (κ3) is 2.43. The van der Waals surface area contributed by atoms with Crippen LogP contribution in [0.4, 0.5) is 11.6 Å². The lowest BCUT2D eigenvalue weighted by molar-refractivity contribution is -0.389. The average molecular weight is 322 g/mol. The fourth-order valence-electron chi connectivity index (χ4n) is 2.70. The van der Waals surface area contributed by atoms with Crippen molar-refractivity contribution < 1.29 is 4.92 Å². The molecular weight excluding hydrogens is 308 g/mol. The van der Waals surface area contributed by atoms with Crippen LogP contribution in [0.2, 0.25) is 0 Å². The van der Waals surface area contributed by atoms with Crippen molar-refractivity contribution in [1.82, 2.24) is 19.4 Å². The average Bonchev–Trinajstić information content (AvgIpc) is 3.14. The van der Waals surface area contributed by atoms with Gasteiger partial charge in [-0.3, -0.25) is 0 Å². The van der Waals surface area contributed by atoms with Crippen molar-refractivity contribution in [3.8, 4) is 0 Å². The number of rotatable bonds is 5. The Balaban J connectivity index is 1.54. The maximum Gasteiger partial charge on any atom is 0.372 e. The summed E-state index contributed by atoms with van der Waals surface area (Å²) >= 11 is 0. The Morgan fingerprint density at radius 1 is 1.17 bits per heavy atom. The lowest BCUT2D eigenvalue weighted by Crippen LogP contribution is -2.08. The molecule has 0 aliphatic heterocycles. The smallest absolute Gasteiger partial charge is 0.363 e. The molecule has 0 atom stereocenters. The van der Waals surface area contributed by atoms with Gasteiger partial charge in [-0.2, -0.15) is 9.38 Å². The van der Waals surface area contributed by atoms with Gasteiger partial charge in [0, 0.05) is 19.0 Å². The molecule has 0 amide bonds. The van der Waals surface area contributed by atoms with E-state index in [0.717, 1.165) is 16.9 Å². The number of hydrogen-bond acceptors (Lipinski definition) is 5. The second kappa shape index (κ2) is 5.65. The summed E-state index contributed by atoms with van der Waals surface area (Å²) in [6.07, 6.45) is 2.24. The fraction of sp³-hybridized carbons (Fsp3) is 0.125. The largest absolute Gasteiger partial charge is 0.372 e. The van der Waals surface area contributed by atoms with Gasteiger partial charge in [0.05, 0.1) is 17.2 Å². The molecule has 8 nitrogen and oxygen atoms in total. The standard InChI is InChI=1S/C16H14N6O2/c23-22(24)16-15(20-14-7-3-4-10-21(14)16)17-9-8-13-18-11-5-1-2-6-12(11)19-13/h1-7,10,17H,8-9H2,(H,18,19). The Kier molecular flexibility index (Phi) is 3.34. The number of nitro groups is 1. The van der Waals surface area contributed by atoms with Crippen LogP contribution in [-0.4, -0.2) is 30.8 Å². The maximum atomic E-state index is 11.3. The van der Waals surface area contributed by atoms with Crippen LogP contribution >= 0.6 is 0 Å². The van der Waals surface area contributed by atoms with Crippen LogP contribution in [0, 0.1) is 10.1 Å². The Bertz CT molecular complexity index is 1000. The van der Waals surface area contributed by atoms with Gasteiger partial charge in [-0.25, -0.2) is 4.98 Å². The highest BCUT2D eigenvalue weighted by Crippen LogP contribution is 2.25. The second-order valence-electron chi connectivity index (χ2n) is 5.35. The van der Waals surface area contributed by atoms with Gasteiger partial charge in [0.25, 0.3) is 0 Å². The number of nitrogens with zero attached hydrogens (tertiary/aromatic N) is 4. The van der Waals surface area contributed by atoms with E-state index in [2.05, 4.69) is 20.3 Å². The molecule has 0 bridgehead atoms. The van der Waals surface area contributed by atoms with Crippen LogP contribution in [0.5, 0.6) is 0 Å². The topological polar surface area (TPSA) is 101 Å². The molecule has 0 saturated carbocycles. The lowest BCUT2D eigenvalue weighted by atomic mass is 10.3. The molecule has 0 fully saturated rings. The number of imidazole rings is 2. The first-order chi connectivity index (χ1) is 11.7. The maximum absolute atomic E-state index is 11.3. The van der Waals surface area contributed by atoms with E-state index in [1.807, 2.05) is 24.3 Å². The van der Waals surface area contributed by atoms with E-state index >= 15 is 0 Å². The number of benzene rings is 1. The van der Waals surface area contributed by atoms with Crippen LogP contribution < -0.4 is 5.32 Å². The molecular formula is C16H14N6O2. The molecule has 0 saturated heterocycles. The minimum atomic E-state index is -0.427. The first-order valence-electron chi connectivity index (χ1n) is 7.51. The molecule has 0 radical (unpaired) electrons. The Hall–Kier alpha value is -3.42. The number of H-pyrrole nitrogens is 1. The van der Waals surface area contributed by atoms with Crippen molar-refractivity contribution in [3.63, 3.8) is 0 Å². The molecule has 3 aromatic heterocycles. The normalized spacial score (nSPS) is 11.2. The van der Waals surface area contributed by atoms with Gasteiger partial charge in [-0.1, -0.05) is 18.2 Å². The summed E-state index contributed by atoms with van der Waals surface area (Å²) in [6, 6.07) is 13.1. The van der Waals surface area contributed by atoms with E-state index in [0.29, 0.717) is 18.6 Å². The van der Waals surface area contributed by atoms with Gasteiger partial charge in [0.1, 0.15) is 5.82 Å². The lowest BCUT2D eigenvalue weighted by Gasteiger charge is -2.01. The molecule has 3 heterocycles. The van der Waals surface area contributed by atoms with E-state index < -0.39 is 4.92 Å². The number of aromatic nitrogens is 4. The quantitative estimate of drug-likeness (QED) is 0.434. The summed E-state index contributed by atoms with van der Waals surface area (Å²) in [5, 5.41) is 14.4. The first-order valence-corrected chi connectivity index (χ1v) is 7.51. The van der Waals surface area contributed by atoms with Crippen LogP contribution in [0.3, 0.4) is 0 Å². The van der Waals surface area contributed by atoms with E-state index in [1.54, 1.807) is 24.4 Å². The van der Waals surface area contributed by atoms with Crippen LogP contribution in [0.15, 0.2) is 48.7 Å². The van der Waals surface area contributed by atoms with E-state index in [1.165, 1.54) is 4.40 Å². The second-order valence-corrected chi connectivity index (χ2v) is 5.35. The molecule has 0 unspecified atom stereocenters. The van der Waals surface area contributed by atoms with Crippen molar-refractivity contribution >= 4 is 28.3 Å². The van der Waals surface area contributed by atoms with Crippen molar-refractivity contribution in [2.24, 2.45) is 0 Å². The zero-order chi connectivity index (χ0) is 16.5. The van der Waals surface area contributed by atoms with Crippen LogP contribution in [-0.2, 0) is 6.42 Å². The number of hydrogen-bond donors (Lipinski definition) is 2. The molecule has 0 aliphatic rings. The van der Waals surface area contributed by atoms with Gasteiger partial charge < -0.3 is 20.4 Å². The summed E-state index contributed by atoms with van der Waals surface area (Å²) < 4.78 is 1.46. The molecule has 8 heteroatoms. The molecule has 0 aliphatic carbocycles. The Morgan fingerprint density at radius 2 is 2.00 bits per heavy atom. The predicted octanol–water partition coefficient (Wildman–Crippen LogP) is 2.77. The molecule has 4 rings (SSSR count). The van der Waals surface area contributed by atoms with Crippen molar-refractivity contribution in [1.29, 1.82) is 0 Å². The molecule has 24 heavy (non-hydrogen) atoms. The Labute approximate surface area is 136 Å². The summed E-state index contributed by atoms with van der Waals surface area (Å²) in [4.78, 5) is 22.9. The SMILES string of the molecule is O=[N+]([O-])c1c(NCCc2nc3ccccc3[nH]2)nc2ccccn12.